The maximum Gasteiger partial charge on any atom is 0.0897 e. The van der Waals surface area contributed by atoms with Crippen LogP contribution in [0.2, 0.25) is 0 Å². The molecule has 3 heteroatoms. The Kier molecular flexibility index (Phi) is 7.09. The van der Waals surface area contributed by atoms with Crippen molar-refractivity contribution in [2.75, 3.05) is 19.8 Å². The van der Waals surface area contributed by atoms with Crippen LogP contribution >= 0.6 is 0 Å². The third kappa shape index (κ3) is 8.58. The molecule has 0 amide bonds. The lowest BCUT2D eigenvalue weighted by Gasteiger charge is -2.18. The molecular weight excluding hydrogens is 214 g/mol. The zero-order valence-electron chi connectivity index (χ0n) is 11.6. The summed E-state index contributed by atoms with van der Waals surface area (Å²) in [6, 6.07) is 0.482. The predicted octanol–water partition coefficient (Wildman–Crippen LogP) is 2.19. The van der Waals surface area contributed by atoms with Crippen molar-refractivity contribution in [3.8, 4) is 0 Å². The van der Waals surface area contributed by atoms with Crippen molar-refractivity contribution < 1.29 is 9.84 Å². The summed E-state index contributed by atoms with van der Waals surface area (Å²) in [6.07, 6.45) is 4.66. The van der Waals surface area contributed by atoms with Gasteiger partial charge in [0, 0.05) is 19.2 Å². The molecule has 2 N–H and O–H groups in total. The van der Waals surface area contributed by atoms with E-state index in [1.54, 1.807) is 0 Å². The van der Waals surface area contributed by atoms with Crippen molar-refractivity contribution in [3.63, 3.8) is 0 Å². The van der Waals surface area contributed by atoms with E-state index in [9.17, 15) is 5.11 Å². The van der Waals surface area contributed by atoms with E-state index in [4.69, 9.17) is 4.74 Å². The minimum atomic E-state index is -0.366. The third-order valence-electron chi connectivity index (χ3n) is 3.24. The van der Waals surface area contributed by atoms with Gasteiger partial charge in [0.1, 0.15) is 0 Å². The Morgan fingerprint density at radius 2 is 1.94 bits per heavy atom. The van der Waals surface area contributed by atoms with E-state index < -0.39 is 0 Å². The van der Waals surface area contributed by atoms with Crippen molar-refractivity contribution in [2.45, 2.75) is 58.6 Å². The third-order valence-corrected chi connectivity index (χ3v) is 3.24. The van der Waals surface area contributed by atoms with Crippen LogP contribution in [-0.4, -0.2) is 37.0 Å². The molecule has 1 saturated carbocycles. The minimum absolute atomic E-state index is 0.366. The molecule has 0 aromatic heterocycles. The lowest BCUT2D eigenvalue weighted by Crippen LogP contribution is -2.36. The van der Waals surface area contributed by atoms with Crippen LogP contribution in [0, 0.1) is 11.8 Å². The molecule has 0 radical (unpaired) electrons. The van der Waals surface area contributed by atoms with Gasteiger partial charge in [0.15, 0.2) is 0 Å². The molecular formula is C14H29NO2. The molecule has 0 saturated heterocycles. The Morgan fingerprint density at radius 3 is 2.53 bits per heavy atom. The predicted molar refractivity (Wildman–Crippen MR) is 71.1 cm³/mol. The van der Waals surface area contributed by atoms with E-state index in [0.29, 0.717) is 19.2 Å². The number of aliphatic hydroxyl groups is 1. The van der Waals surface area contributed by atoms with Gasteiger partial charge in [-0.2, -0.15) is 0 Å². The van der Waals surface area contributed by atoms with Gasteiger partial charge < -0.3 is 15.2 Å². The molecule has 0 aromatic carbocycles. The van der Waals surface area contributed by atoms with E-state index in [1.807, 2.05) is 0 Å². The van der Waals surface area contributed by atoms with Crippen LogP contribution < -0.4 is 5.32 Å². The summed E-state index contributed by atoms with van der Waals surface area (Å²) in [5.74, 6) is 1.53. The molecule has 1 rings (SSSR count). The lowest BCUT2D eigenvalue weighted by atomic mass is 10.0. The minimum Gasteiger partial charge on any atom is -0.389 e. The summed E-state index contributed by atoms with van der Waals surface area (Å²) in [5, 5.41) is 13.1. The SMILES string of the molecule is CC(C)CC[C@H](C)NC[C@@H](O)COCC1CC1. The van der Waals surface area contributed by atoms with Crippen LogP contribution in [-0.2, 0) is 4.74 Å². The van der Waals surface area contributed by atoms with Gasteiger partial charge >= 0.3 is 0 Å². The summed E-state index contributed by atoms with van der Waals surface area (Å²) in [6.45, 7) is 8.62. The largest absolute Gasteiger partial charge is 0.389 e. The van der Waals surface area contributed by atoms with Gasteiger partial charge in [0.25, 0.3) is 0 Å². The van der Waals surface area contributed by atoms with Crippen molar-refractivity contribution in [1.29, 1.82) is 0 Å². The standard InChI is InChI=1S/C14H29NO2/c1-11(2)4-5-12(3)15-8-14(16)10-17-9-13-6-7-13/h11-16H,4-10H2,1-3H3/t12-,14+/m0/s1. The van der Waals surface area contributed by atoms with Gasteiger partial charge in [-0.25, -0.2) is 0 Å². The summed E-state index contributed by atoms with van der Waals surface area (Å²) >= 11 is 0. The average molecular weight is 243 g/mol. The number of aliphatic hydroxyl groups excluding tert-OH is 1. The fourth-order valence-electron chi connectivity index (χ4n) is 1.74. The maximum atomic E-state index is 9.72. The highest BCUT2D eigenvalue weighted by molar-refractivity contribution is 4.72. The molecule has 2 atom stereocenters. The van der Waals surface area contributed by atoms with Crippen LogP contribution in [0.15, 0.2) is 0 Å². The van der Waals surface area contributed by atoms with Crippen molar-refractivity contribution >= 4 is 0 Å². The highest BCUT2D eigenvalue weighted by atomic mass is 16.5. The molecule has 0 spiro atoms. The van der Waals surface area contributed by atoms with E-state index >= 15 is 0 Å². The van der Waals surface area contributed by atoms with Gasteiger partial charge in [0.05, 0.1) is 12.7 Å². The Labute approximate surface area is 106 Å². The van der Waals surface area contributed by atoms with Gasteiger partial charge in [-0.15, -0.1) is 0 Å². The summed E-state index contributed by atoms with van der Waals surface area (Å²) in [7, 11) is 0. The van der Waals surface area contributed by atoms with E-state index in [1.165, 1.54) is 25.7 Å². The van der Waals surface area contributed by atoms with E-state index in [2.05, 4.69) is 26.1 Å². The van der Waals surface area contributed by atoms with Crippen LogP contribution in [0.4, 0.5) is 0 Å². The Bertz CT molecular complexity index is 193. The Morgan fingerprint density at radius 1 is 1.24 bits per heavy atom. The van der Waals surface area contributed by atoms with Crippen molar-refractivity contribution in [1.82, 2.24) is 5.32 Å². The number of rotatable bonds is 10. The molecule has 0 aliphatic heterocycles. The fourth-order valence-corrected chi connectivity index (χ4v) is 1.74. The van der Waals surface area contributed by atoms with E-state index in [0.717, 1.165) is 18.4 Å². The fraction of sp³-hybridized carbons (Fsp3) is 1.00. The van der Waals surface area contributed by atoms with Gasteiger partial charge in [-0.05, 0) is 44.4 Å². The summed E-state index contributed by atoms with van der Waals surface area (Å²) in [5.41, 5.74) is 0. The first-order valence-electron chi connectivity index (χ1n) is 7.07. The average Bonchev–Trinajstić information content (AvgIpc) is 3.07. The molecule has 0 bridgehead atoms. The molecule has 0 heterocycles. The molecule has 0 unspecified atom stereocenters. The van der Waals surface area contributed by atoms with E-state index in [-0.39, 0.29) is 6.10 Å². The number of hydrogen-bond donors (Lipinski definition) is 2. The van der Waals surface area contributed by atoms with Crippen LogP contribution in [0.1, 0.15) is 46.5 Å². The van der Waals surface area contributed by atoms with Crippen LogP contribution in [0.3, 0.4) is 0 Å². The molecule has 0 aromatic rings. The Balaban J connectivity index is 1.91. The van der Waals surface area contributed by atoms with Gasteiger partial charge in [-0.1, -0.05) is 13.8 Å². The van der Waals surface area contributed by atoms with Crippen molar-refractivity contribution in [3.05, 3.63) is 0 Å². The smallest absolute Gasteiger partial charge is 0.0897 e. The second-order valence-electron chi connectivity index (χ2n) is 5.92. The van der Waals surface area contributed by atoms with Crippen molar-refractivity contribution in [2.24, 2.45) is 11.8 Å². The first-order chi connectivity index (χ1) is 8.08. The van der Waals surface area contributed by atoms with Crippen LogP contribution in [0.25, 0.3) is 0 Å². The molecule has 17 heavy (non-hydrogen) atoms. The second-order valence-corrected chi connectivity index (χ2v) is 5.92. The van der Waals surface area contributed by atoms with Gasteiger partial charge in [-0.3, -0.25) is 0 Å². The highest BCUT2D eigenvalue weighted by Crippen LogP contribution is 2.28. The number of ether oxygens (including phenoxy) is 1. The topological polar surface area (TPSA) is 41.5 Å². The molecule has 1 aliphatic rings. The normalized spacial score (nSPS) is 19.6. The Hall–Kier alpha value is -0.120. The second kappa shape index (κ2) is 8.06. The molecule has 102 valence electrons. The summed E-state index contributed by atoms with van der Waals surface area (Å²) in [4.78, 5) is 0. The molecule has 1 fully saturated rings. The highest BCUT2D eigenvalue weighted by Gasteiger charge is 2.21. The number of nitrogens with one attached hydrogen (secondary N) is 1. The maximum absolute atomic E-state index is 9.72. The first kappa shape index (κ1) is 14.9. The molecule has 3 nitrogen and oxygen atoms in total. The summed E-state index contributed by atoms with van der Waals surface area (Å²) < 4.78 is 5.46. The zero-order chi connectivity index (χ0) is 12.7. The van der Waals surface area contributed by atoms with Gasteiger partial charge in [0.2, 0.25) is 0 Å². The zero-order valence-corrected chi connectivity index (χ0v) is 11.6. The first-order valence-corrected chi connectivity index (χ1v) is 7.07. The monoisotopic (exact) mass is 243 g/mol. The number of hydrogen-bond acceptors (Lipinski definition) is 3. The lowest BCUT2D eigenvalue weighted by molar-refractivity contribution is 0.0313. The molecule has 1 aliphatic carbocycles. The quantitative estimate of drug-likeness (QED) is 0.618. The van der Waals surface area contributed by atoms with Crippen LogP contribution in [0.5, 0.6) is 0 Å².